The summed E-state index contributed by atoms with van der Waals surface area (Å²) in [4.78, 5) is 0. The summed E-state index contributed by atoms with van der Waals surface area (Å²) >= 11 is 0. The van der Waals surface area contributed by atoms with E-state index in [2.05, 4.69) is 90.1 Å². The molecule has 0 heterocycles. The van der Waals surface area contributed by atoms with E-state index in [1.165, 1.54) is 32.7 Å². The molecule has 1 aliphatic carbocycles. The summed E-state index contributed by atoms with van der Waals surface area (Å²) in [6.45, 7) is 13.9. The van der Waals surface area contributed by atoms with Crippen molar-refractivity contribution in [1.29, 1.82) is 0 Å². The van der Waals surface area contributed by atoms with Crippen LogP contribution in [0.4, 0.5) is 0 Å². The molecule has 5 rings (SSSR count). The maximum absolute atomic E-state index is 2.47. The van der Waals surface area contributed by atoms with Crippen molar-refractivity contribution in [3.8, 4) is 0 Å². The standard InChI is InChI=1S/C30H34.2ClH.Zr/c1-29(2,3)23-11-7-21-15-19-10-14-26-20(9-13-25(19)27(21)17-23)16-22-8-12-24(18-28(22)26)30(4,5)6;;;/h7-8,11-12,15-18H,9-10,13-14H2,1-6H3;2*1H;/q-2;;;+4/p-2. The molecule has 0 nitrogen and oxygen atoms in total. The molecule has 0 spiro atoms. The van der Waals surface area contributed by atoms with Gasteiger partial charge in [-0.2, -0.15) is 12.1 Å². The molecule has 0 N–H and O–H groups in total. The van der Waals surface area contributed by atoms with E-state index in [0.29, 0.717) is 0 Å². The average molecular weight is 557 g/mol. The van der Waals surface area contributed by atoms with E-state index >= 15 is 0 Å². The summed E-state index contributed by atoms with van der Waals surface area (Å²) in [5.41, 5.74) is 9.62. The average Bonchev–Trinajstić information content (AvgIpc) is 3.16. The molecule has 0 saturated heterocycles. The van der Waals surface area contributed by atoms with Crippen LogP contribution < -0.4 is 24.8 Å². The van der Waals surface area contributed by atoms with Gasteiger partial charge in [-0.15, -0.1) is 68.1 Å². The summed E-state index contributed by atoms with van der Waals surface area (Å²) in [5.74, 6) is 0. The first kappa shape index (κ1) is 28.4. The van der Waals surface area contributed by atoms with Gasteiger partial charge in [0.15, 0.2) is 0 Å². The van der Waals surface area contributed by atoms with Gasteiger partial charge in [-0.1, -0.05) is 77.6 Å². The van der Waals surface area contributed by atoms with Gasteiger partial charge in [-0.3, -0.25) is 0 Å². The van der Waals surface area contributed by atoms with E-state index in [4.69, 9.17) is 0 Å². The Hall–Kier alpha value is -0.877. The van der Waals surface area contributed by atoms with Crippen LogP contribution in [-0.2, 0) is 62.7 Å². The maximum atomic E-state index is 2.47. The molecule has 4 aromatic carbocycles. The third-order valence-electron chi connectivity index (χ3n) is 7.21. The fraction of sp³-hybridized carbons (Fsp3) is 0.400. The smallest absolute Gasteiger partial charge is 1.00 e. The maximum Gasteiger partial charge on any atom is 4.00 e. The van der Waals surface area contributed by atoms with Crippen LogP contribution in [0.3, 0.4) is 0 Å². The summed E-state index contributed by atoms with van der Waals surface area (Å²) in [5, 5.41) is 5.84. The molecular weight excluding hydrogens is 522 g/mol. The second-order valence-corrected chi connectivity index (χ2v) is 11.4. The second-order valence-electron chi connectivity index (χ2n) is 11.4. The van der Waals surface area contributed by atoms with Gasteiger partial charge in [-0.05, 0) is 23.7 Å². The Morgan fingerprint density at radius 3 is 1.27 bits per heavy atom. The van der Waals surface area contributed by atoms with E-state index in [1.54, 1.807) is 22.3 Å². The van der Waals surface area contributed by atoms with Crippen molar-refractivity contribution in [1.82, 2.24) is 0 Å². The van der Waals surface area contributed by atoms with Crippen LogP contribution in [0.25, 0.3) is 21.5 Å². The molecule has 0 saturated carbocycles. The Morgan fingerprint density at radius 2 is 0.939 bits per heavy atom. The quantitative estimate of drug-likeness (QED) is 0.291. The van der Waals surface area contributed by atoms with Crippen LogP contribution >= 0.6 is 0 Å². The second kappa shape index (κ2) is 10.0. The predicted octanol–water partition coefficient (Wildman–Crippen LogP) is 1.92. The number of hydrogen-bond acceptors (Lipinski definition) is 0. The molecule has 0 atom stereocenters. The van der Waals surface area contributed by atoms with Gasteiger partial charge in [-0.25, -0.2) is 0 Å². The van der Waals surface area contributed by atoms with E-state index in [0.717, 1.165) is 25.7 Å². The van der Waals surface area contributed by atoms with Gasteiger partial charge in [0.1, 0.15) is 0 Å². The minimum Gasteiger partial charge on any atom is -1.00 e. The minimum absolute atomic E-state index is 0. The first-order chi connectivity index (χ1) is 14.1. The van der Waals surface area contributed by atoms with E-state index in [1.807, 2.05) is 0 Å². The van der Waals surface area contributed by atoms with Crippen molar-refractivity contribution >= 4 is 21.5 Å². The molecular formula is C30H34Cl2Zr. The van der Waals surface area contributed by atoms with Gasteiger partial charge in [0.25, 0.3) is 0 Å². The van der Waals surface area contributed by atoms with Crippen LogP contribution in [0.15, 0.2) is 48.5 Å². The van der Waals surface area contributed by atoms with Gasteiger partial charge in [0.2, 0.25) is 0 Å². The molecule has 0 amide bonds. The Labute approximate surface area is 231 Å². The van der Waals surface area contributed by atoms with Crippen molar-refractivity contribution in [3.05, 3.63) is 81.9 Å². The fourth-order valence-corrected chi connectivity index (χ4v) is 5.27. The van der Waals surface area contributed by atoms with Crippen molar-refractivity contribution in [2.24, 2.45) is 0 Å². The van der Waals surface area contributed by atoms with Crippen molar-refractivity contribution in [2.75, 3.05) is 0 Å². The molecule has 3 heteroatoms. The number of aryl methyl sites for hydroxylation is 4. The first-order valence-electron chi connectivity index (χ1n) is 11.5. The van der Waals surface area contributed by atoms with Crippen LogP contribution in [0.1, 0.15) is 74.9 Å². The Bertz CT molecular complexity index is 1160. The van der Waals surface area contributed by atoms with Crippen molar-refractivity contribution in [2.45, 2.75) is 78.1 Å². The largest absolute Gasteiger partial charge is 4.00 e. The van der Waals surface area contributed by atoms with E-state index in [9.17, 15) is 0 Å². The normalized spacial score (nSPS) is 13.8. The monoisotopic (exact) mass is 554 g/mol. The van der Waals surface area contributed by atoms with E-state index in [-0.39, 0.29) is 61.8 Å². The molecule has 0 fully saturated rings. The zero-order chi connectivity index (χ0) is 21.3. The number of fused-ring (bicyclic) bond motifs is 6. The van der Waals surface area contributed by atoms with Crippen LogP contribution in [0.2, 0.25) is 0 Å². The number of halogens is 2. The SMILES string of the molecule is CC(C)(C)c1ccc2cc3[c-](c2c1)CCc1cc2ccc(C(C)(C)C)cc2[c-]1CC3.[Cl-].[Cl-].[Zr+4]. The predicted molar refractivity (Wildman–Crippen MR) is 131 cm³/mol. The fourth-order valence-electron chi connectivity index (χ4n) is 5.27. The van der Waals surface area contributed by atoms with Gasteiger partial charge < -0.3 is 24.8 Å². The minimum atomic E-state index is 0. The summed E-state index contributed by atoms with van der Waals surface area (Å²) in [6, 6.07) is 19.2. The van der Waals surface area contributed by atoms with Crippen LogP contribution in [-0.4, -0.2) is 0 Å². The summed E-state index contributed by atoms with van der Waals surface area (Å²) in [7, 11) is 0. The zero-order valence-electron chi connectivity index (χ0n) is 20.7. The zero-order valence-corrected chi connectivity index (χ0v) is 24.7. The summed E-state index contributed by atoms with van der Waals surface area (Å²) < 4.78 is 0. The molecule has 0 unspecified atom stereocenters. The number of hydrogen-bond donors (Lipinski definition) is 0. The molecule has 0 bridgehead atoms. The van der Waals surface area contributed by atoms with Crippen molar-refractivity contribution < 1.29 is 51.0 Å². The molecule has 1 aliphatic rings. The van der Waals surface area contributed by atoms with Crippen LogP contribution in [0, 0.1) is 0 Å². The van der Waals surface area contributed by atoms with Crippen molar-refractivity contribution in [3.63, 3.8) is 0 Å². The molecule has 33 heavy (non-hydrogen) atoms. The molecule has 0 radical (unpaired) electrons. The van der Waals surface area contributed by atoms with Crippen LogP contribution in [0.5, 0.6) is 0 Å². The molecule has 0 aromatic heterocycles. The number of benzene rings is 2. The van der Waals surface area contributed by atoms with Gasteiger partial charge in [0.05, 0.1) is 0 Å². The van der Waals surface area contributed by atoms with E-state index < -0.39 is 0 Å². The third-order valence-corrected chi connectivity index (χ3v) is 7.21. The van der Waals surface area contributed by atoms with Gasteiger partial charge >= 0.3 is 26.2 Å². The Kier molecular flexibility index (Phi) is 8.60. The molecule has 0 aliphatic heterocycles. The molecule has 4 aromatic rings. The Morgan fingerprint density at radius 1 is 0.576 bits per heavy atom. The summed E-state index contributed by atoms with van der Waals surface area (Å²) in [6.07, 6.45) is 4.62. The topological polar surface area (TPSA) is 0 Å². The Balaban J connectivity index is 0.00000128. The van der Waals surface area contributed by atoms with Gasteiger partial charge in [0, 0.05) is 0 Å². The first-order valence-corrected chi connectivity index (χ1v) is 11.5. The molecule has 172 valence electrons. The number of rotatable bonds is 0. The third kappa shape index (κ3) is 5.22.